The molecule has 9 aromatic carbocycles. The smallest absolute Gasteiger partial charge is 0.0629 e. The van der Waals surface area contributed by atoms with Crippen molar-refractivity contribution in [3.8, 4) is 50.2 Å². The van der Waals surface area contributed by atoms with E-state index < -0.39 is 6.04 Å². The summed E-state index contributed by atoms with van der Waals surface area (Å²) < 4.78 is 43.4. The van der Waals surface area contributed by atoms with E-state index in [2.05, 4.69) is 179 Å². The van der Waals surface area contributed by atoms with Crippen LogP contribution < -0.4 is 4.90 Å². The summed E-state index contributed by atoms with van der Waals surface area (Å²) in [6.07, 6.45) is 0. The van der Waals surface area contributed by atoms with Gasteiger partial charge in [0, 0.05) is 33.4 Å². The number of anilines is 3. The zero-order valence-electron chi connectivity index (χ0n) is 35.4. The largest absolute Gasteiger partial charge is 0.311 e. The molecule has 0 aliphatic rings. The van der Waals surface area contributed by atoms with Crippen molar-refractivity contribution in [1.82, 2.24) is 4.57 Å². The SMILES string of the molecule is [2H]c1c([2H])c([2H])c(-c2ccc(-c3ccc(N(c4ccc(-c5ccccc5)cc4)c4ccc(-c5ccccc5-n5c6ccccc6c6ccccc65)cc4)cc3)cc2)c([2H])c1[2H]. The standard InChI is InChI=1S/C54H38N2/c1-3-13-39(14-4-1)41-23-25-42(26-24-41)44-29-35-47(36-30-44)55(46-33-27-43(28-34-46)40-15-5-2-6-16-40)48-37-31-45(32-38-48)49-17-7-10-20-52(49)56-53-21-11-8-18-50(53)51-19-9-12-22-54(51)56/h1-38H/i1D,3D,4D,13D,14D. The van der Waals surface area contributed by atoms with E-state index in [1.807, 2.05) is 30.3 Å². The average Bonchev–Trinajstić information content (AvgIpc) is 3.66. The molecule has 0 fully saturated rings. The van der Waals surface area contributed by atoms with Gasteiger partial charge in [-0.2, -0.15) is 0 Å². The minimum atomic E-state index is -0.395. The molecule has 0 aliphatic carbocycles. The average molecular weight is 720 g/mol. The molecule has 1 aromatic heterocycles. The lowest BCUT2D eigenvalue weighted by atomic mass is 10.00. The Morgan fingerprint density at radius 3 is 1.25 bits per heavy atom. The Hall–Kier alpha value is -7.42. The van der Waals surface area contributed by atoms with Gasteiger partial charge in [-0.1, -0.05) is 176 Å². The molecule has 0 atom stereocenters. The third kappa shape index (κ3) is 6.14. The van der Waals surface area contributed by atoms with Crippen LogP contribution >= 0.6 is 0 Å². The summed E-state index contributed by atoms with van der Waals surface area (Å²) in [5.74, 6) is 0. The molecule has 56 heavy (non-hydrogen) atoms. The van der Waals surface area contributed by atoms with Crippen molar-refractivity contribution in [1.29, 1.82) is 0 Å². The van der Waals surface area contributed by atoms with E-state index in [0.717, 1.165) is 56.1 Å². The molecule has 10 rings (SSSR count). The molecule has 1 heterocycles. The van der Waals surface area contributed by atoms with Crippen LogP contribution in [-0.4, -0.2) is 4.57 Å². The third-order valence-corrected chi connectivity index (χ3v) is 10.5. The highest BCUT2D eigenvalue weighted by Crippen LogP contribution is 2.40. The second kappa shape index (κ2) is 14.4. The Bertz CT molecular complexity index is 3130. The molecule has 0 saturated carbocycles. The van der Waals surface area contributed by atoms with Gasteiger partial charge in [0.05, 0.1) is 23.6 Å². The van der Waals surface area contributed by atoms with E-state index in [1.165, 1.54) is 21.8 Å². The Balaban J connectivity index is 1.02. The molecule has 0 bridgehead atoms. The molecule has 0 N–H and O–H groups in total. The predicted octanol–water partition coefficient (Wildman–Crippen LogP) is 14.9. The predicted molar refractivity (Wildman–Crippen MR) is 237 cm³/mol. The van der Waals surface area contributed by atoms with Crippen LogP contribution in [0.2, 0.25) is 0 Å². The van der Waals surface area contributed by atoms with Crippen molar-refractivity contribution in [3.05, 3.63) is 230 Å². The highest BCUT2D eigenvalue weighted by molar-refractivity contribution is 6.09. The zero-order valence-corrected chi connectivity index (χ0v) is 30.4. The molecule has 0 unspecified atom stereocenters. The van der Waals surface area contributed by atoms with Crippen molar-refractivity contribution >= 4 is 38.9 Å². The molecular weight excluding hydrogens is 677 g/mol. The first-order chi connectivity index (χ1) is 29.9. The number of para-hydroxylation sites is 3. The fourth-order valence-corrected chi connectivity index (χ4v) is 7.79. The molecule has 0 aliphatic heterocycles. The van der Waals surface area contributed by atoms with E-state index in [1.54, 1.807) is 0 Å². The van der Waals surface area contributed by atoms with E-state index in [-0.39, 0.29) is 29.7 Å². The molecule has 10 aromatic rings. The topological polar surface area (TPSA) is 8.17 Å². The van der Waals surface area contributed by atoms with Crippen LogP contribution in [0.25, 0.3) is 72.0 Å². The van der Waals surface area contributed by atoms with Crippen molar-refractivity contribution in [2.75, 3.05) is 4.90 Å². The maximum Gasteiger partial charge on any atom is 0.0629 e. The Kier molecular flexibility index (Phi) is 7.24. The Labute approximate surface area is 334 Å². The van der Waals surface area contributed by atoms with Crippen molar-refractivity contribution < 1.29 is 6.85 Å². The lowest BCUT2D eigenvalue weighted by molar-refractivity contribution is 1.18. The van der Waals surface area contributed by atoms with Crippen LogP contribution in [0.4, 0.5) is 17.1 Å². The van der Waals surface area contributed by atoms with Gasteiger partial charge in [0.25, 0.3) is 0 Å². The van der Waals surface area contributed by atoms with Crippen LogP contribution in [0.3, 0.4) is 0 Å². The molecule has 0 saturated heterocycles. The lowest BCUT2D eigenvalue weighted by Crippen LogP contribution is -2.09. The normalized spacial score (nSPS) is 12.5. The van der Waals surface area contributed by atoms with E-state index in [0.29, 0.717) is 5.56 Å². The monoisotopic (exact) mass is 719 g/mol. The summed E-state index contributed by atoms with van der Waals surface area (Å²) in [7, 11) is 0. The van der Waals surface area contributed by atoms with E-state index >= 15 is 0 Å². The molecule has 2 heteroatoms. The second-order valence-electron chi connectivity index (χ2n) is 13.8. The number of aromatic nitrogens is 1. The summed E-state index contributed by atoms with van der Waals surface area (Å²) in [6.45, 7) is 0. The second-order valence-corrected chi connectivity index (χ2v) is 13.8. The number of hydrogen-bond donors (Lipinski definition) is 0. The first kappa shape index (κ1) is 28.1. The molecule has 264 valence electrons. The van der Waals surface area contributed by atoms with Gasteiger partial charge in [-0.25, -0.2) is 0 Å². The molecule has 0 spiro atoms. The van der Waals surface area contributed by atoms with Crippen LogP contribution in [0.1, 0.15) is 6.85 Å². The fourth-order valence-electron chi connectivity index (χ4n) is 7.79. The van der Waals surface area contributed by atoms with Gasteiger partial charge in [0.2, 0.25) is 0 Å². The number of fused-ring (bicyclic) bond motifs is 3. The summed E-state index contributed by atoms with van der Waals surface area (Å²) in [4.78, 5) is 2.27. The van der Waals surface area contributed by atoms with Crippen molar-refractivity contribution in [2.24, 2.45) is 0 Å². The molecule has 0 radical (unpaired) electrons. The minimum Gasteiger partial charge on any atom is -0.311 e. The van der Waals surface area contributed by atoms with Gasteiger partial charge in [0.1, 0.15) is 0 Å². The van der Waals surface area contributed by atoms with Gasteiger partial charge in [-0.05, 0) is 93.5 Å². The fraction of sp³-hybridized carbons (Fsp3) is 0. The number of rotatable bonds is 8. The van der Waals surface area contributed by atoms with Gasteiger partial charge in [-0.15, -0.1) is 0 Å². The molecule has 0 amide bonds. The Morgan fingerprint density at radius 2 is 0.714 bits per heavy atom. The highest BCUT2D eigenvalue weighted by Gasteiger charge is 2.17. The maximum absolute atomic E-state index is 8.42. The quantitative estimate of drug-likeness (QED) is 0.152. The summed E-state index contributed by atoms with van der Waals surface area (Å²) in [6, 6.07) is 68.1. The molecular formula is C54H38N2. The van der Waals surface area contributed by atoms with Gasteiger partial charge in [0.15, 0.2) is 0 Å². The number of hydrogen-bond acceptors (Lipinski definition) is 1. The zero-order chi connectivity index (χ0) is 41.6. The molecule has 2 nitrogen and oxygen atoms in total. The van der Waals surface area contributed by atoms with Crippen LogP contribution in [0.15, 0.2) is 230 Å². The first-order valence-corrected chi connectivity index (χ1v) is 18.8. The van der Waals surface area contributed by atoms with Gasteiger partial charge in [-0.3, -0.25) is 0 Å². The van der Waals surface area contributed by atoms with Crippen LogP contribution in [-0.2, 0) is 0 Å². The lowest BCUT2D eigenvalue weighted by Gasteiger charge is -2.26. The minimum absolute atomic E-state index is 0.197. The van der Waals surface area contributed by atoms with E-state index in [9.17, 15) is 0 Å². The maximum atomic E-state index is 8.42. The van der Waals surface area contributed by atoms with Crippen LogP contribution in [0, 0.1) is 0 Å². The summed E-state index contributed by atoms with van der Waals surface area (Å²) >= 11 is 0. The Morgan fingerprint density at radius 1 is 0.321 bits per heavy atom. The summed E-state index contributed by atoms with van der Waals surface area (Å²) in [5.41, 5.74) is 13.8. The van der Waals surface area contributed by atoms with Crippen molar-refractivity contribution in [2.45, 2.75) is 0 Å². The van der Waals surface area contributed by atoms with Crippen molar-refractivity contribution in [3.63, 3.8) is 0 Å². The number of nitrogens with zero attached hydrogens (tertiary/aromatic N) is 2. The van der Waals surface area contributed by atoms with Gasteiger partial charge < -0.3 is 9.47 Å². The van der Waals surface area contributed by atoms with Crippen LogP contribution in [0.5, 0.6) is 0 Å². The first-order valence-electron chi connectivity index (χ1n) is 21.3. The number of benzene rings is 9. The van der Waals surface area contributed by atoms with Gasteiger partial charge >= 0.3 is 0 Å². The van der Waals surface area contributed by atoms with E-state index in [4.69, 9.17) is 6.85 Å². The summed E-state index contributed by atoms with van der Waals surface area (Å²) in [5, 5.41) is 2.46. The third-order valence-electron chi connectivity index (χ3n) is 10.5. The highest BCUT2D eigenvalue weighted by atomic mass is 15.1.